The van der Waals surface area contributed by atoms with Gasteiger partial charge in [-0.1, -0.05) is 12.1 Å². The van der Waals surface area contributed by atoms with E-state index in [1.54, 1.807) is 0 Å². The molecular formula is C17H26N2O. The van der Waals surface area contributed by atoms with Gasteiger partial charge in [-0.15, -0.1) is 0 Å². The summed E-state index contributed by atoms with van der Waals surface area (Å²) in [7, 11) is 2.22. The Hall–Kier alpha value is -1.06. The molecule has 2 aliphatic rings. The minimum atomic E-state index is 0.717. The minimum absolute atomic E-state index is 0.717. The molecule has 3 nitrogen and oxygen atoms in total. The van der Waals surface area contributed by atoms with Crippen molar-refractivity contribution in [1.82, 2.24) is 10.2 Å². The lowest BCUT2D eigenvalue weighted by Crippen LogP contribution is -2.26. The standard InChI is InChI=1S/C17H26N2O/c1-19-10-3-5-16(19)9-11-20-17-6-2-4-14(12-17)13-18-15-7-8-15/h2,4,6,12,15-16,18H,3,5,7-11,13H2,1H3. The monoisotopic (exact) mass is 274 g/mol. The fourth-order valence-electron chi connectivity index (χ4n) is 2.95. The van der Waals surface area contributed by atoms with E-state index in [0.717, 1.165) is 37.4 Å². The van der Waals surface area contributed by atoms with E-state index in [4.69, 9.17) is 4.74 Å². The molecule has 1 aliphatic heterocycles. The van der Waals surface area contributed by atoms with Gasteiger partial charge in [0.1, 0.15) is 5.75 Å². The molecule has 0 aromatic heterocycles. The van der Waals surface area contributed by atoms with Crippen LogP contribution in [-0.2, 0) is 6.54 Å². The number of benzene rings is 1. The summed E-state index contributed by atoms with van der Waals surface area (Å²) in [6.45, 7) is 3.04. The van der Waals surface area contributed by atoms with Crippen LogP contribution in [0.2, 0.25) is 0 Å². The number of rotatable bonds is 7. The van der Waals surface area contributed by atoms with E-state index in [1.807, 2.05) is 0 Å². The molecule has 2 fully saturated rings. The Labute approximate surface area is 122 Å². The first-order chi connectivity index (χ1) is 9.81. The molecule has 1 aromatic carbocycles. The second-order valence-electron chi connectivity index (χ2n) is 6.22. The fourth-order valence-corrected chi connectivity index (χ4v) is 2.95. The molecule has 3 heteroatoms. The first-order valence-electron chi connectivity index (χ1n) is 7.96. The van der Waals surface area contributed by atoms with Crippen molar-refractivity contribution in [3.63, 3.8) is 0 Å². The lowest BCUT2D eigenvalue weighted by molar-refractivity contribution is 0.233. The minimum Gasteiger partial charge on any atom is -0.494 e. The molecule has 1 aliphatic carbocycles. The van der Waals surface area contributed by atoms with Crippen LogP contribution in [0.15, 0.2) is 24.3 Å². The van der Waals surface area contributed by atoms with E-state index in [-0.39, 0.29) is 0 Å². The van der Waals surface area contributed by atoms with Crippen molar-refractivity contribution in [3.8, 4) is 5.75 Å². The molecule has 110 valence electrons. The lowest BCUT2D eigenvalue weighted by Gasteiger charge is -2.19. The largest absolute Gasteiger partial charge is 0.494 e. The molecular weight excluding hydrogens is 248 g/mol. The highest BCUT2D eigenvalue weighted by Gasteiger charge is 2.21. The highest BCUT2D eigenvalue weighted by Crippen LogP contribution is 2.21. The number of nitrogens with zero attached hydrogens (tertiary/aromatic N) is 1. The number of nitrogens with one attached hydrogen (secondary N) is 1. The van der Waals surface area contributed by atoms with Crippen molar-refractivity contribution in [2.24, 2.45) is 0 Å². The topological polar surface area (TPSA) is 24.5 Å². The van der Waals surface area contributed by atoms with Crippen molar-refractivity contribution in [2.45, 2.75) is 50.7 Å². The molecule has 1 N–H and O–H groups in total. The number of hydrogen-bond donors (Lipinski definition) is 1. The van der Waals surface area contributed by atoms with Crippen molar-refractivity contribution in [2.75, 3.05) is 20.2 Å². The van der Waals surface area contributed by atoms with E-state index >= 15 is 0 Å². The highest BCUT2D eigenvalue weighted by molar-refractivity contribution is 5.28. The summed E-state index contributed by atoms with van der Waals surface area (Å²) < 4.78 is 5.92. The Morgan fingerprint density at radius 3 is 2.95 bits per heavy atom. The first-order valence-corrected chi connectivity index (χ1v) is 7.96. The maximum absolute atomic E-state index is 5.92. The van der Waals surface area contributed by atoms with E-state index in [9.17, 15) is 0 Å². The average Bonchev–Trinajstić information content (AvgIpc) is 3.20. The van der Waals surface area contributed by atoms with Gasteiger partial charge in [0.05, 0.1) is 6.61 Å². The Balaban J connectivity index is 1.43. The third-order valence-electron chi connectivity index (χ3n) is 4.46. The van der Waals surface area contributed by atoms with Crippen LogP contribution in [0.4, 0.5) is 0 Å². The SMILES string of the molecule is CN1CCCC1CCOc1cccc(CNC2CC2)c1. The molecule has 0 bridgehead atoms. The van der Waals surface area contributed by atoms with Crippen LogP contribution in [0.1, 0.15) is 37.7 Å². The number of hydrogen-bond acceptors (Lipinski definition) is 3. The Morgan fingerprint density at radius 1 is 1.30 bits per heavy atom. The maximum atomic E-state index is 5.92. The highest BCUT2D eigenvalue weighted by atomic mass is 16.5. The number of likely N-dealkylation sites (tertiary alicyclic amines) is 1. The zero-order chi connectivity index (χ0) is 13.8. The van der Waals surface area contributed by atoms with Gasteiger partial charge in [0.15, 0.2) is 0 Å². The van der Waals surface area contributed by atoms with Crippen molar-refractivity contribution >= 4 is 0 Å². The Morgan fingerprint density at radius 2 is 2.20 bits per heavy atom. The molecule has 1 saturated carbocycles. The van der Waals surface area contributed by atoms with Crippen molar-refractivity contribution in [3.05, 3.63) is 29.8 Å². The molecule has 1 heterocycles. The fraction of sp³-hybridized carbons (Fsp3) is 0.647. The summed E-state index contributed by atoms with van der Waals surface area (Å²) in [6.07, 6.45) is 6.48. The molecule has 0 radical (unpaired) electrons. The Bertz CT molecular complexity index is 431. The molecule has 1 saturated heterocycles. The molecule has 20 heavy (non-hydrogen) atoms. The van der Waals surface area contributed by atoms with Gasteiger partial charge in [-0.2, -0.15) is 0 Å². The van der Waals surface area contributed by atoms with Crippen LogP contribution < -0.4 is 10.1 Å². The van der Waals surface area contributed by atoms with Gasteiger partial charge in [-0.25, -0.2) is 0 Å². The predicted octanol–water partition coefficient (Wildman–Crippen LogP) is 2.80. The smallest absolute Gasteiger partial charge is 0.119 e. The van der Waals surface area contributed by atoms with Crippen LogP contribution >= 0.6 is 0 Å². The molecule has 0 spiro atoms. The predicted molar refractivity (Wildman–Crippen MR) is 82.1 cm³/mol. The second kappa shape index (κ2) is 6.59. The summed E-state index contributed by atoms with van der Waals surface area (Å²) in [4.78, 5) is 2.46. The first kappa shape index (κ1) is 13.9. The summed E-state index contributed by atoms with van der Waals surface area (Å²) in [6, 6.07) is 9.99. The zero-order valence-corrected chi connectivity index (χ0v) is 12.5. The average molecular weight is 274 g/mol. The van der Waals surface area contributed by atoms with Crippen LogP contribution in [0.5, 0.6) is 5.75 Å². The van der Waals surface area contributed by atoms with Gasteiger partial charge in [0, 0.05) is 18.6 Å². The van der Waals surface area contributed by atoms with Crippen molar-refractivity contribution in [1.29, 1.82) is 0 Å². The number of ether oxygens (including phenoxy) is 1. The van der Waals surface area contributed by atoms with Crippen molar-refractivity contribution < 1.29 is 4.74 Å². The third kappa shape index (κ3) is 3.97. The summed E-state index contributed by atoms with van der Waals surface area (Å²) >= 11 is 0. The van der Waals surface area contributed by atoms with Gasteiger partial charge in [0.2, 0.25) is 0 Å². The summed E-state index contributed by atoms with van der Waals surface area (Å²) in [5, 5.41) is 3.54. The Kier molecular flexibility index (Phi) is 4.58. The van der Waals surface area contributed by atoms with E-state index in [2.05, 4.69) is 41.5 Å². The third-order valence-corrected chi connectivity index (χ3v) is 4.46. The normalized spacial score (nSPS) is 23.1. The van der Waals surface area contributed by atoms with Crippen LogP contribution in [0.25, 0.3) is 0 Å². The molecule has 1 atom stereocenters. The lowest BCUT2D eigenvalue weighted by atomic mass is 10.1. The second-order valence-corrected chi connectivity index (χ2v) is 6.22. The van der Waals surface area contributed by atoms with E-state index < -0.39 is 0 Å². The maximum Gasteiger partial charge on any atom is 0.119 e. The molecule has 1 aromatic rings. The zero-order valence-electron chi connectivity index (χ0n) is 12.5. The molecule has 0 amide bonds. The quantitative estimate of drug-likeness (QED) is 0.827. The summed E-state index contributed by atoms with van der Waals surface area (Å²) in [5.74, 6) is 1.01. The van der Waals surface area contributed by atoms with E-state index in [1.165, 1.54) is 37.8 Å². The molecule has 3 rings (SSSR count). The van der Waals surface area contributed by atoms with Crippen LogP contribution in [-0.4, -0.2) is 37.2 Å². The van der Waals surface area contributed by atoms with Gasteiger partial charge >= 0.3 is 0 Å². The van der Waals surface area contributed by atoms with Crippen LogP contribution in [0, 0.1) is 0 Å². The van der Waals surface area contributed by atoms with Gasteiger partial charge in [-0.3, -0.25) is 0 Å². The van der Waals surface area contributed by atoms with Crippen LogP contribution in [0.3, 0.4) is 0 Å². The van der Waals surface area contributed by atoms with E-state index in [0.29, 0.717) is 0 Å². The summed E-state index contributed by atoms with van der Waals surface area (Å²) in [5.41, 5.74) is 1.33. The molecule has 1 unspecified atom stereocenters. The van der Waals surface area contributed by atoms with Gasteiger partial charge < -0.3 is 15.0 Å². The van der Waals surface area contributed by atoms with Gasteiger partial charge in [0.25, 0.3) is 0 Å². The van der Waals surface area contributed by atoms with Gasteiger partial charge in [-0.05, 0) is 63.4 Å².